The third-order valence-electron chi connectivity index (χ3n) is 8.50. The van der Waals surface area contributed by atoms with E-state index in [1.165, 1.54) is 96.3 Å². The van der Waals surface area contributed by atoms with Crippen LogP contribution in [0.4, 0.5) is 0 Å². The Morgan fingerprint density at radius 3 is 0.886 bits per heavy atom. The second-order valence-corrected chi connectivity index (χ2v) is 18.4. The Balaban J connectivity index is 3.12. The highest BCUT2D eigenvalue weighted by Gasteiger charge is 2.36. The Labute approximate surface area is 275 Å². The molecule has 0 atom stereocenters. The van der Waals surface area contributed by atoms with Crippen LogP contribution >= 0.6 is 0 Å². The summed E-state index contributed by atoms with van der Waals surface area (Å²) in [6.45, 7) is 21.5. The molecule has 0 aliphatic rings. The van der Waals surface area contributed by atoms with E-state index < -0.39 is 8.32 Å². The van der Waals surface area contributed by atoms with E-state index in [4.69, 9.17) is 32.8 Å². The van der Waals surface area contributed by atoms with Crippen LogP contribution in [0.25, 0.3) is 0 Å². The van der Waals surface area contributed by atoms with E-state index in [-0.39, 0.29) is 5.04 Å². The fourth-order valence-corrected chi connectivity index (χ4v) is 5.55. The fourth-order valence-electron chi connectivity index (χ4n) is 4.53. The van der Waals surface area contributed by atoms with Crippen molar-refractivity contribution in [1.29, 1.82) is 0 Å². The van der Waals surface area contributed by atoms with Gasteiger partial charge in [-0.05, 0) is 24.6 Å². The monoisotopic (exact) mass is 649 g/mol. The molecule has 0 amide bonds. The van der Waals surface area contributed by atoms with Gasteiger partial charge in [-0.25, -0.2) is 0 Å². The maximum absolute atomic E-state index is 6.09. The van der Waals surface area contributed by atoms with Gasteiger partial charge in [0.1, 0.15) is 0 Å². The smallest absolute Gasteiger partial charge is 0.192 e. The van der Waals surface area contributed by atoms with Gasteiger partial charge in [0.2, 0.25) is 0 Å². The van der Waals surface area contributed by atoms with Crippen molar-refractivity contribution in [3.8, 4) is 0 Å². The molecule has 0 bridgehead atoms. The standard InChI is InChI=1S/C36H76O7Si/c1-7-8-9-10-11-12-13-14-15-16-17-18-19-20-21-22-23-37-24-25-38-26-27-39-28-29-40-30-31-41-32-33-42-34-35-43-44(5,6)36(2,3)4/h7-35H2,1-6H3. The zero-order chi connectivity index (χ0) is 32.5. The molecule has 44 heavy (non-hydrogen) atoms. The summed E-state index contributed by atoms with van der Waals surface area (Å²) in [6, 6.07) is 0. The lowest BCUT2D eigenvalue weighted by molar-refractivity contribution is -0.0180. The molecule has 0 N–H and O–H groups in total. The summed E-state index contributed by atoms with van der Waals surface area (Å²) < 4.78 is 39.6. The van der Waals surface area contributed by atoms with Gasteiger partial charge in [0.25, 0.3) is 0 Å². The average molecular weight is 649 g/mol. The minimum absolute atomic E-state index is 0.231. The molecule has 0 saturated heterocycles. The zero-order valence-electron chi connectivity index (χ0n) is 30.4. The Bertz CT molecular complexity index is 557. The van der Waals surface area contributed by atoms with Crippen molar-refractivity contribution in [1.82, 2.24) is 0 Å². The van der Waals surface area contributed by atoms with Crippen molar-refractivity contribution in [3.05, 3.63) is 0 Å². The predicted molar refractivity (Wildman–Crippen MR) is 188 cm³/mol. The van der Waals surface area contributed by atoms with E-state index in [1.807, 2.05) is 0 Å². The molecule has 0 rings (SSSR count). The first-order valence-electron chi connectivity index (χ1n) is 18.4. The summed E-state index contributed by atoms with van der Waals surface area (Å²) in [5.41, 5.74) is 0. The van der Waals surface area contributed by atoms with Gasteiger partial charge in [-0.15, -0.1) is 0 Å². The Morgan fingerprint density at radius 1 is 0.341 bits per heavy atom. The van der Waals surface area contributed by atoms with Crippen LogP contribution in [0, 0.1) is 0 Å². The van der Waals surface area contributed by atoms with Gasteiger partial charge in [-0.2, -0.15) is 0 Å². The topological polar surface area (TPSA) is 64.6 Å². The summed E-state index contributed by atoms with van der Waals surface area (Å²) in [7, 11) is -1.68. The predicted octanol–water partition coefficient (Wildman–Crippen LogP) is 9.37. The van der Waals surface area contributed by atoms with E-state index in [2.05, 4.69) is 40.8 Å². The van der Waals surface area contributed by atoms with Crippen LogP contribution in [-0.4, -0.2) is 94.2 Å². The second kappa shape index (κ2) is 32.9. The lowest BCUT2D eigenvalue weighted by Crippen LogP contribution is -2.41. The van der Waals surface area contributed by atoms with E-state index >= 15 is 0 Å². The molecule has 0 aromatic carbocycles. The highest BCUT2D eigenvalue weighted by molar-refractivity contribution is 6.74. The number of hydrogen-bond donors (Lipinski definition) is 0. The van der Waals surface area contributed by atoms with Crippen LogP contribution in [0.3, 0.4) is 0 Å². The molecular formula is C36H76O7Si. The highest BCUT2D eigenvalue weighted by atomic mass is 28.4. The summed E-state index contributed by atoms with van der Waals surface area (Å²) in [6.07, 6.45) is 22.3. The Hall–Kier alpha value is -0.0631. The third kappa shape index (κ3) is 31.9. The largest absolute Gasteiger partial charge is 0.414 e. The van der Waals surface area contributed by atoms with Gasteiger partial charge in [-0.1, -0.05) is 124 Å². The van der Waals surface area contributed by atoms with Gasteiger partial charge in [-0.3, -0.25) is 0 Å². The third-order valence-corrected chi connectivity index (χ3v) is 13.0. The average Bonchev–Trinajstić information content (AvgIpc) is 2.98. The molecule has 0 aliphatic carbocycles. The SMILES string of the molecule is CCCCCCCCCCCCCCCCCCOCCOCCOCCOCCOCCOCCO[Si](C)(C)C(C)(C)C. The Morgan fingerprint density at radius 2 is 0.591 bits per heavy atom. The maximum Gasteiger partial charge on any atom is 0.192 e. The number of unbranched alkanes of at least 4 members (excludes halogenated alkanes) is 15. The molecule has 0 aliphatic heterocycles. The summed E-state index contributed by atoms with van der Waals surface area (Å²) in [5.74, 6) is 0. The first kappa shape index (κ1) is 43.9. The first-order valence-corrected chi connectivity index (χ1v) is 21.3. The molecular weight excluding hydrogens is 572 g/mol. The van der Waals surface area contributed by atoms with E-state index in [0.29, 0.717) is 79.3 Å². The van der Waals surface area contributed by atoms with E-state index in [9.17, 15) is 0 Å². The van der Waals surface area contributed by atoms with Crippen molar-refractivity contribution in [2.24, 2.45) is 0 Å². The van der Waals surface area contributed by atoms with Crippen molar-refractivity contribution < 1.29 is 32.8 Å². The molecule has 0 fully saturated rings. The van der Waals surface area contributed by atoms with Crippen molar-refractivity contribution in [2.45, 2.75) is 149 Å². The van der Waals surface area contributed by atoms with Gasteiger partial charge in [0, 0.05) is 6.61 Å². The molecule has 0 aromatic rings. The molecule has 0 unspecified atom stereocenters. The van der Waals surface area contributed by atoms with Crippen LogP contribution in [-0.2, 0) is 32.8 Å². The van der Waals surface area contributed by atoms with Gasteiger partial charge >= 0.3 is 0 Å². The number of ether oxygens (including phenoxy) is 6. The Kier molecular flexibility index (Phi) is 32.8. The minimum Gasteiger partial charge on any atom is -0.414 e. The van der Waals surface area contributed by atoms with Crippen molar-refractivity contribution >= 4 is 8.32 Å². The molecule has 8 heteroatoms. The van der Waals surface area contributed by atoms with Crippen molar-refractivity contribution in [2.75, 3.05) is 85.9 Å². The van der Waals surface area contributed by atoms with Crippen LogP contribution in [0.5, 0.6) is 0 Å². The molecule has 0 heterocycles. The zero-order valence-corrected chi connectivity index (χ0v) is 31.4. The molecule has 0 radical (unpaired) electrons. The number of hydrogen-bond acceptors (Lipinski definition) is 7. The molecule has 0 saturated carbocycles. The minimum atomic E-state index is -1.68. The maximum atomic E-state index is 6.09. The van der Waals surface area contributed by atoms with Gasteiger partial charge < -0.3 is 32.8 Å². The molecule has 7 nitrogen and oxygen atoms in total. The summed E-state index contributed by atoms with van der Waals surface area (Å²) in [5, 5.41) is 0.231. The quantitative estimate of drug-likeness (QED) is 0.0495. The van der Waals surface area contributed by atoms with Gasteiger partial charge in [0.05, 0.1) is 79.3 Å². The van der Waals surface area contributed by atoms with E-state index in [1.54, 1.807) is 0 Å². The normalized spacial score (nSPS) is 12.4. The molecule has 0 spiro atoms. The van der Waals surface area contributed by atoms with Gasteiger partial charge in [0.15, 0.2) is 8.32 Å². The fraction of sp³-hybridized carbons (Fsp3) is 1.00. The van der Waals surface area contributed by atoms with Crippen LogP contribution in [0.2, 0.25) is 18.1 Å². The second-order valence-electron chi connectivity index (χ2n) is 13.6. The number of rotatable bonds is 36. The molecule has 266 valence electrons. The highest BCUT2D eigenvalue weighted by Crippen LogP contribution is 2.36. The summed E-state index contributed by atoms with van der Waals surface area (Å²) in [4.78, 5) is 0. The lowest BCUT2D eigenvalue weighted by atomic mass is 10.0. The summed E-state index contributed by atoms with van der Waals surface area (Å²) >= 11 is 0. The van der Waals surface area contributed by atoms with Crippen LogP contribution in [0.15, 0.2) is 0 Å². The van der Waals surface area contributed by atoms with Crippen LogP contribution < -0.4 is 0 Å². The molecule has 0 aromatic heterocycles. The van der Waals surface area contributed by atoms with Crippen LogP contribution in [0.1, 0.15) is 130 Å². The lowest BCUT2D eigenvalue weighted by Gasteiger charge is -2.36. The first-order chi connectivity index (χ1) is 21.3. The van der Waals surface area contributed by atoms with E-state index in [0.717, 1.165) is 13.0 Å². The van der Waals surface area contributed by atoms with Crippen molar-refractivity contribution in [3.63, 3.8) is 0 Å².